The third-order valence-corrected chi connectivity index (χ3v) is 6.66. The molecular formula is C28H33N2O2+. The highest BCUT2D eigenvalue weighted by Crippen LogP contribution is 2.35. The Bertz CT molecular complexity index is 1210. The van der Waals surface area contributed by atoms with E-state index >= 15 is 0 Å². The smallest absolute Gasteiger partial charge is 0.222 e. The third kappa shape index (κ3) is 4.46. The lowest BCUT2D eigenvalue weighted by molar-refractivity contribution is -0.882. The molecule has 0 aliphatic heterocycles. The number of Topliss-reactive ketones (excluding diaryl/α,β-unsaturated/α-hetero) is 1. The molecule has 0 saturated carbocycles. The van der Waals surface area contributed by atoms with Gasteiger partial charge in [0.15, 0.2) is 0 Å². The molecule has 0 aromatic heterocycles. The van der Waals surface area contributed by atoms with Gasteiger partial charge in [0, 0.05) is 24.4 Å². The van der Waals surface area contributed by atoms with Crippen molar-refractivity contribution >= 4 is 44.0 Å². The fourth-order valence-electron chi connectivity index (χ4n) is 4.55. The van der Waals surface area contributed by atoms with E-state index in [1.54, 1.807) is 0 Å². The fourth-order valence-corrected chi connectivity index (χ4v) is 4.55. The minimum absolute atomic E-state index is 0.0512. The summed E-state index contributed by atoms with van der Waals surface area (Å²) in [5.41, 5.74) is 0.771. The quantitative estimate of drug-likeness (QED) is 0.168. The van der Waals surface area contributed by atoms with Crippen LogP contribution in [-0.2, 0) is 4.79 Å². The van der Waals surface area contributed by atoms with E-state index in [9.17, 15) is 9.59 Å². The van der Waals surface area contributed by atoms with Gasteiger partial charge in [0.05, 0.1) is 20.6 Å². The summed E-state index contributed by atoms with van der Waals surface area (Å²) in [7, 11) is 4.17. The van der Waals surface area contributed by atoms with E-state index in [2.05, 4.69) is 61.9 Å². The first-order valence-corrected chi connectivity index (χ1v) is 11.6. The number of nitrogens with one attached hydrogen (secondary N) is 1. The summed E-state index contributed by atoms with van der Waals surface area (Å²) in [4.78, 5) is 25.1. The Morgan fingerprint density at radius 3 is 2.06 bits per heavy atom. The minimum Gasteiger partial charge on any atom is -0.356 e. The van der Waals surface area contributed by atoms with Crippen LogP contribution in [0.3, 0.4) is 0 Å². The molecule has 0 fully saturated rings. The predicted octanol–water partition coefficient (Wildman–Crippen LogP) is 5.40. The van der Waals surface area contributed by atoms with Crippen LogP contribution in [0.1, 0.15) is 37.0 Å². The van der Waals surface area contributed by atoms with Crippen molar-refractivity contribution in [3.05, 3.63) is 60.2 Å². The number of hydrogen-bond acceptors (Lipinski definition) is 2. The van der Waals surface area contributed by atoms with Crippen LogP contribution < -0.4 is 5.32 Å². The highest BCUT2D eigenvalue weighted by Gasteiger charge is 2.22. The lowest BCUT2D eigenvalue weighted by Crippen LogP contribution is -2.45. The lowest BCUT2D eigenvalue weighted by atomic mass is 9.92. The Morgan fingerprint density at radius 2 is 1.47 bits per heavy atom. The Balaban J connectivity index is 1.48. The van der Waals surface area contributed by atoms with Crippen molar-refractivity contribution in [1.29, 1.82) is 0 Å². The summed E-state index contributed by atoms with van der Waals surface area (Å²) in [6.07, 6.45) is 1.70. The molecule has 32 heavy (non-hydrogen) atoms. The maximum absolute atomic E-state index is 13.2. The molecule has 1 atom stereocenters. The van der Waals surface area contributed by atoms with E-state index < -0.39 is 0 Å². The van der Waals surface area contributed by atoms with Gasteiger partial charge in [0.25, 0.3) is 0 Å². The van der Waals surface area contributed by atoms with Crippen molar-refractivity contribution in [2.75, 3.05) is 33.7 Å². The molecule has 0 aliphatic rings. The summed E-state index contributed by atoms with van der Waals surface area (Å²) in [6.45, 7) is 5.89. The number of rotatable bonds is 9. The van der Waals surface area contributed by atoms with E-state index in [-0.39, 0.29) is 17.6 Å². The summed E-state index contributed by atoms with van der Waals surface area (Å²) < 4.78 is 0.600. The average Bonchev–Trinajstić information content (AvgIpc) is 2.79. The van der Waals surface area contributed by atoms with Gasteiger partial charge in [-0.3, -0.25) is 9.59 Å². The van der Waals surface area contributed by atoms with Gasteiger partial charge in [0.2, 0.25) is 11.7 Å². The van der Waals surface area contributed by atoms with Gasteiger partial charge in [-0.05, 0) is 50.9 Å². The highest BCUT2D eigenvalue weighted by molar-refractivity contribution is 6.24. The van der Waals surface area contributed by atoms with Crippen LogP contribution in [-0.4, -0.2) is 49.9 Å². The number of quaternary nitrogens is 1. The van der Waals surface area contributed by atoms with Crippen LogP contribution in [0.15, 0.2) is 54.6 Å². The summed E-state index contributed by atoms with van der Waals surface area (Å²) >= 11 is 0. The van der Waals surface area contributed by atoms with Gasteiger partial charge in [-0.1, -0.05) is 56.3 Å². The molecule has 1 N–H and O–H groups in total. The average molecular weight is 430 g/mol. The molecule has 0 radical (unpaired) electrons. The number of likely N-dealkylation sites (N-methyl/N-ethyl adjacent to an activating group) is 1. The van der Waals surface area contributed by atoms with E-state index in [0.29, 0.717) is 17.6 Å². The van der Waals surface area contributed by atoms with Crippen LogP contribution in [0, 0.1) is 5.92 Å². The molecule has 4 heteroatoms. The molecule has 0 spiro atoms. The SMILES string of the molecule is CCC(C)C(=O)NCCC[N+](C)(C)CC(=O)c1cc2ccc3cccc4ccc(c1)c2c34. The van der Waals surface area contributed by atoms with E-state index in [1.165, 1.54) is 21.5 Å². The minimum atomic E-state index is 0.0512. The van der Waals surface area contributed by atoms with Crippen molar-refractivity contribution in [2.24, 2.45) is 5.92 Å². The van der Waals surface area contributed by atoms with Crippen LogP contribution in [0.25, 0.3) is 32.3 Å². The molecule has 4 aromatic rings. The highest BCUT2D eigenvalue weighted by atomic mass is 16.1. The lowest BCUT2D eigenvalue weighted by Gasteiger charge is -2.29. The first-order valence-electron chi connectivity index (χ1n) is 11.6. The summed E-state index contributed by atoms with van der Waals surface area (Å²) in [5.74, 6) is 0.321. The predicted molar refractivity (Wildman–Crippen MR) is 133 cm³/mol. The summed E-state index contributed by atoms with van der Waals surface area (Å²) in [6, 6.07) is 19.0. The van der Waals surface area contributed by atoms with Crippen LogP contribution >= 0.6 is 0 Å². The van der Waals surface area contributed by atoms with Gasteiger partial charge in [-0.25, -0.2) is 0 Å². The van der Waals surface area contributed by atoms with Gasteiger partial charge >= 0.3 is 0 Å². The molecule has 0 aliphatic carbocycles. The Hall–Kier alpha value is -2.98. The van der Waals surface area contributed by atoms with Crippen LogP contribution in [0.2, 0.25) is 0 Å². The zero-order valence-electron chi connectivity index (χ0n) is 19.6. The largest absolute Gasteiger partial charge is 0.356 e. The number of benzene rings is 4. The van der Waals surface area contributed by atoms with Gasteiger partial charge in [0.1, 0.15) is 6.54 Å². The monoisotopic (exact) mass is 429 g/mol. The van der Waals surface area contributed by atoms with Crippen molar-refractivity contribution < 1.29 is 14.1 Å². The molecule has 4 aromatic carbocycles. The number of nitrogens with zero attached hydrogens (tertiary/aromatic N) is 1. The second-order valence-electron chi connectivity index (χ2n) is 9.70. The Morgan fingerprint density at radius 1 is 0.906 bits per heavy atom. The first-order chi connectivity index (χ1) is 15.3. The topological polar surface area (TPSA) is 46.2 Å². The van der Waals surface area contributed by atoms with Crippen LogP contribution in [0.4, 0.5) is 0 Å². The second kappa shape index (κ2) is 8.87. The maximum atomic E-state index is 13.2. The third-order valence-electron chi connectivity index (χ3n) is 6.66. The maximum Gasteiger partial charge on any atom is 0.222 e. The van der Waals surface area contributed by atoms with E-state index in [4.69, 9.17) is 0 Å². The van der Waals surface area contributed by atoms with Crippen molar-refractivity contribution in [3.63, 3.8) is 0 Å². The summed E-state index contributed by atoms with van der Waals surface area (Å²) in [5, 5.41) is 10.2. The van der Waals surface area contributed by atoms with Crippen molar-refractivity contribution in [3.8, 4) is 0 Å². The van der Waals surface area contributed by atoms with Gasteiger partial charge < -0.3 is 9.80 Å². The normalized spacial score (nSPS) is 13.1. The molecule has 0 bridgehead atoms. The number of ketones is 1. The standard InChI is InChI=1S/C28H32N2O2/c1-5-19(2)28(32)29-14-7-15-30(3,4)18-25(31)24-16-22-12-10-20-8-6-9-21-11-13-23(17-24)27(22)26(20)21/h6,8-13,16-17,19H,5,7,14-15,18H2,1-4H3/p+1. The molecule has 0 heterocycles. The molecule has 4 nitrogen and oxygen atoms in total. The second-order valence-corrected chi connectivity index (χ2v) is 9.70. The van der Waals surface area contributed by atoms with E-state index in [1.807, 2.05) is 26.0 Å². The zero-order chi connectivity index (χ0) is 22.9. The number of carbonyl (C=O) groups excluding carboxylic acids is 2. The first kappa shape index (κ1) is 22.2. The fraction of sp³-hybridized carbons (Fsp3) is 0.357. The van der Waals surface area contributed by atoms with Gasteiger partial charge in [-0.15, -0.1) is 0 Å². The Labute approximate surface area is 190 Å². The zero-order valence-corrected chi connectivity index (χ0v) is 19.6. The molecule has 166 valence electrons. The molecular weight excluding hydrogens is 396 g/mol. The molecule has 1 unspecified atom stereocenters. The molecule has 4 rings (SSSR count). The van der Waals surface area contributed by atoms with Crippen molar-refractivity contribution in [1.82, 2.24) is 5.32 Å². The van der Waals surface area contributed by atoms with Gasteiger partial charge in [-0.2, -0.15) is 0 Å². The number of amides is 1. The van der Waals surface area contributed by atoms with E-state index in [0.717, 1.165) is 35.7 Å². The number of hydrogen-bond donors (Lipinski definition) is 1. The Kier molecular flexibility index (Phi) is 6.16. The number of carbonyl (C=O) groups is 2. The van der Waals surface area contributed by atoms with Crippen LogP contribution in [0.5, 0.6) is 0 Å². The molecule has 0 saturated heterocycles. The molecule has 1 amide bonds. The van der Waals surface area contributed by atoms with Crippen molar-refractivity contribution in [2.45, 2.75) is 26.7 Å².